The first-order chi connectivity index (χ1) is 18.9. The van der Waals surface area contributed by atoms with Gasteiger partial charge in [0.15, 0.2) is 0 Å². The minimum absolute atomic E-state index is 0.156. The normalized spacial score (nSPS) is 13.2. The lowest BCUT2D eigenvalue weighted by molar-refractivity contribution is 0.608. The SMILES string of the molecule is C=C.C=C1CC(CCc2ccc(F)cc2C)C(=C)c2c(CCCC)cccc21.CC.CC.CCCCCCC. The number of aryl methyl sites for hydroxylation is 3. The number of hydrogen-bond acceptors (Lipinski definition) is 0. The molecule has 1 aliphatic carbocycles. The molecule has 39 heavy (non-hydrogen) atoms. The second kappa shape index (κ2) is 24.6. The average Bonchev–Trinajstić information content (AvgIpc) is 2.97. The average molecular weight is 537 g/mol. The molecular weight excluding hydrogens is 475 g/mol. The fourth-order valence-electron chi connectivity index (χ4n) is 4.81. The highest BCUT2D eigenvalue weighted by Gasteiger charge is 2.26. The monoisotopic (exact) mass is 536 g/mol. The lowest BCUT2D eigenvalue weighted by Crippen LogP contribution is -2.15. The predicted octanol–water partition coefficient (Wildman–Crippen LogP) is 13.0. The number of unbranched alkanes of at least 4 members (excludes halogenated alkanes) is 5. The third-order valence-corrected chi connectivity index (χ3v) is 6.91. The van der Waals surface area contributed by atoms with Crippen LogP contribution in [0.2, 0.25) is 0 Å². The molecule has 0 bridgehead atoms. The molecule has 1 unspecified atom stereocenters. The van der Waals surface area contributed by atoms with Gasteiger partial charge in [-0.2, -0.15) is 0 Å². The van der Waals surface area contributed by atoms with E-state index in [1.165, 1.54) is 78.3 Å². The van der Waals surface area contributed by atoms with Gasteiger partial charge in [-0.15, -0.1) is 13.2 Å². The fraction of sp³-hybridized carbons (Fsp3) is 0.526. The van der Waals surface area contributed by atoms with Crippen molar-refractivity contribution in [1.82, 2.24) is 0 Å². The first kappa shape index (κ1) is 38.7. The summed E-state index contributed by atoms with van der Waals surface area (Å²) in [5.41, 5.74) is 8.81. The van der Waals surface area contributed by atoms with E-state index in [0.717, 1.165) is 31.2 Å². The smallest absolute Gasteiger partial charge is 0.123 e. The van der Waals surface area contributed by atoms with Crippen LogP contribution in [0.3, 0.4) is 0 Å². The van der Waals surface area contributed by atoms with Gasteiger partial charge in [0, 0.05) is 0 Å². The van der Waals surface area contributed by atoms with Gasteiger partial charge in [-0.3, -0.25) is 0 Å². The zero-order valence-corrected chi connectivity index (χ0v) is 27.0. The molecule has 0 aliphatic heterocycles. The van der Waals surface area contributed by atoms with Crippen molar-refractivity contribution in [3.05, 3.63) is 96.3 Å². The molecule has 2 aromatic carbocycles. The zero-order valence-electron chi connectivity index (χ0n) is 27.0. The lowest BCUT2D eigenvalue weighted by atomic mass is 9.73. The maximum atomic E-state index is 13.3. The van der Waals surface area contributed by atoms with Crippen LogP contribution in [0.4, 0.5) is 4.39 Å². The Morgan fingerprint density at radius 1 is 0.769 bits per heavy atom. The molecule has 0 N–H and O–H groups in total. The van der Waals surface area contributed by atoms with Crippen LogP contribution in [-0.4, -0.2) is 0 Å². The van der Waals surface area contributed by atoms with Crippen LogP contribution in [-0.2, 0) is 12.8 Å². The summed E-state index contributed by atoms with van der Waals surface area (Å²) in [5, 5.41) is 0. The molecule has 1 heteroatoms. The van der Waals surface area contributed by atoms with Crippen molar-refractivity contribution in [3.8, 4) is 0 Å². The van der Waals surface area contributed by atoms with E-state index in [-0.39, 0.29) is 5.82 Å². The van der Waals surface area contributed by atoms with E-state index in [9.17, 15) is 4.39 Å². The molecule has 0 amide bonds. The Morgan fingerprint density at radius 3 is 1.90 bits per heavy atom. The van der Waals surface area contributed by atoms with E-state index in [4.69, 9.17) is 0 Å². The summed E-state index contributed by atoms with van der Waals surface area (Å²) in [6.45, 7) is 31.6. The van der Waals surface area contributed by atoms with Gasteiger partial charge in [0.25, 0.3) is 0 Å². The van der Waals surface area contributed by atoms with Gasteiger partial charge in [0.2, 0.25) is 0 Å². The van der Waals surface area contributed by atoms with E-state index in [2.05, 4.69) is 65.3 Å². The topological polar surface area (TPSA) is 0 Å². The van der Waals surface area contributed by atoms with Gasteiger partial charge in [-0.05, 0) is 96.0 Å². The second-order valence-corrected chi connectivity index (χ2v) is 9.64. The van der Waals surface area contributed by atoms with Gasteiger partial charge >= 0.3 is 0 Å². The van der Waals surface area contributed by atoms with E-state index < -0.39 is 0 Å². The summed E-state index contributed by atoms with van der Waals surface area (Å²) < 4.78 is 13.3. The maximum Gasteiger partial charge on any atom is 0.123 e. The standard InChI is InChI=1S/C25H29F.C7H16.2C2H6.C2H4/c1-5-6-8-21-9-7-10-24-18(3)15-22(19(4)25(21)24)12-11-20-13-14-23(26)16-17(20)2;1-3-5-7-6-4-2;3*1-2/h7,9-10,13-14,16,22H,3-6,8,11-12,15H2,1-2H3;3-7H2,1-2H3;2*1-2H3;1-2H2. The Hall–Kier alpha value is -2.41. The molecule has 0 aromatic heterocycles. The number of fused-ring (bicyclic) bond motifs is 1. The largest absolute Gasteiger partial charge is 0.207 e. The lowest BCUT2D eigenvalue weighted by Gasteiger charge is -2.31. The second-order valence-electron chi connectivity index (χ2n) is 9.64. The van der Waals surface area contributed by atoms with Gasteiger partial charge < -0.3 is 0 Å². The van der Waals surface area contributed by atoms with E-state index in [0.29, 0.717) is 5.92 Å². The molecule has 1 aliphatic rings. The van der Waals surface area contributed by atoms with Crippen LogP contribution in [0.15, 0.2) is 62.7 Å². The number of halogens is 1. The van der Waals surface area contributed by atoms with Crippen molar-refractivity contribution in [2.24, 2.45) is 5.92 Å². The van der Waals surface area contributed by atoms with Crippen molar-refractivity contribution < 1.29 is 4.39 Å². The molecule has 220 valence electrons. The fourth-order valence-corrected chi connectivity index (χ4v) is 4.81. The highest BCUT2D eigenvalue weighted by molar-refractivity contribution is 5.85. The first-order valence-corrected chi connectivity index (χ1v) is 15.7. The van der Waals surface area contributed by atoms with Crippen molar-refractivity contribution in [2.45, 2.75) is 126 Å². The van der Waals surface area contributed by atoms with Crippen LogP contribution in [0.25, 0.3) is 11.1 Å². The highest BCUT2D eigenvalue weighted by atomic mass is 19.1. The molecule has 0 nitrogen and oxygen atoms in total. The molecule has 2 aromatic rings. The number of benzene rings is 2. The third-order valence-electron chi connectivity index (χ3n) is 6.91. The van der Waals surface area contributed by atoms with Crippen molar-refractivity contribution in [1.29, 1.82) is 0 Å². The number of rotatable bonds is 10. The van der Waals surface area contributed by atoms with Crippen LogP contribution in [0, 0.1) is 18.7 Å². The Kier molecular flexibility index (Phi) is 24.5. The minimum Gasteiger partial charge on any atom is -0.207 e. The van der Waals surface area contributed by atoms with Crippen LogP contribution in [0.1, 0.15) is 134 Å². The third kappa shape index (κ3) is 14.0. The summed E-state index contributed by atoms with van der Waals surface area (Å²) in [4.78, 5) is 0. The highest BCUT2D eigenvalue weighted by Crippen LogP contribution is 2.43. The predicted molar refractivity (Wildman–Crippen MR) is 179 cm³/mol. The number of hydrogen-bond donors (Lipinski definition) is 0. The van der Waals surface area contributed by atoms with E-state index in [1.54, 1.807) is 12.1 Å². The van der Waals surface area contributed by atoms with Crippen LogP contribution in [0.5, 0.6) is 0 Å². The summed E-state index contributed by atoms with van der Waals surface area (Å²) >= 11 is 0. The quantitative estimate of drug-likeness (QED) is 0.209. The maximum absolute atomic E-state index is 13.3. The van der Waals surface area contributed by atoms with E-state index >= 15 is 0 Å². The Labute approximate surface area is 243 Å². The zero-order chi connectivity index (χ0) is 30.2. The number of allylic oxidation sites excluding steroid dienone is 2. The molecular formula is C38H61F. The first-order valence-electron chi connectivity index (χ1n) is 15.7. The minimum atomic E-state index is -0.156. The van der Waals surface area contributed by atoms with Crippen LogP contribution < -0.4 is 0 Å². The summed E-state index contributed by atoms with van der Waals surface area (Å²) in [5.74, 6) is 0.262. The molecule has 0 radical (unpaired) electrons. The molecule has 0 fully saturated rings. The molecule has 0 saturated carbocycles. The van der Waals surface area contributed by atoms with Gasteiger partial charge in [-0.25, -0.2) is 4.39 Å². The van der Waals surface area contributed by atoms with Crippen molar-refractivity contribution in [3.63, 3.8) is 0 Å². The summed E-state index contributed by atoms with van der Waals surface area (Å²) in [7, 11) is 0. The Bertz CT molecular complexity index is 916. The van der Waals surface area contributed by atoms with Gasteiger partial charge in [0.1, 0.15) is 5.82 Å². The van der Waals surface area contributed by atoms with Crippen LogP contribution >= 0.6 is 0 Å². The van der Waals surface area contributed by atoms with Crippen molar-refractivity contribution >= 4 is 11.1 Å². The van der Waals surface area contributed by atoms with Gasteiger partial charge in [-0.1, -0.05) is 124 Å². The molecule has 0 saturated heterocycles. The summed E-state index contributed by atoms with van der Waals surface area (Å²) in [6.07, 6.45) is 13.5. The molecule has 0 spiro atoms. The van der Waals surface area contributed by atoms with Crippen molar-refractivity contribution in [2.75, 3.05) is 0 Å². The Balaban J connectivity index is 0. The van der Waals surface area contributed by atoms with Gasteiger partial charge in [0.05, 0.1) is 0 Å². The van der Waals surface area contributed by atoms with E-state index in [1.807, 2.05) is 40.7 Å². The molecule has 1 atom stereocenters. The Morgan fingerprint density at radius 2 is 1.36 bits per heavy atom. The molecule has 0 heterocycles. The summed E-state index contributed by atoms with van der Waals surface area (Å²) in [6, 6.07) is 11.7. The molecule has 3 rings (SSSR count).